The molecule has 126 valence electrons. The second-order valence-electron chi connectivity index (χ2n) is 6.45. The number of unbranched alkanes of at least 4 members (excludes halogenated alkanes) is 5. The molecular formula is C19H28N2O2. The van der Waals surface area contributed by atoms with Crippen LogP contribution in [0, 0.1) is 6.92 Å². The predicted molar refractivity (Wildman–Crippen MR) is 93.5 cm³/mol. The maximum atomic E-state index is 12.7. The van der Waals surface area contributed by atoms with E-state index in [1.807, 2.05) is 30.0 Å². The first-order chi connectivity index (χ1) is 11.0. The third-order valence-corrected chi connectivity index (χ3v) is 4.38. The first-order valence-corrected chi connectivity index (χ1v) is 8.73. The molecule has 1 N–H and O–H groups in total. The van der Waals surface area contributed by atoms with E-state index in [1.165, 1.54) is 32.6 Å². The highest BCUT2D eigenvalue weighted by atomic mass is 16.2. The van der Waals surface area contributed by atoms with Crippen LogP contribution in [-0.4, -0.2) is 18.4 Å². The summed E-state index contributed by atoms with van der Waals surface area (Å²) in [6, 6.07) is 5.51. The van der Waals surface area contributed by atoms with Crippen LogP contribution in [0.1, 0.15) is 69.5 Å². The minimum atomic E-state index is -0.525. The molecule has 1 aliphatic heterocycles. The quantitative estimate of drug-likeness (QED) is 0.740. The van der Waals surface area contributed by atoms with Crippen molar-refractivity contribution in [2.45, 2.75) is 65.3 Å². The van der Waals surface area contributed by atoms with E-state index in [4.69, 9.17) is 0 Å². The van der Waals surface area contributed by atoms with Gasteiger partial charge in [-0.25, -0.2) is 0 Å². The largest absolute Gasteiger partial charge is 0.341 e. The maximum Gasteiger partial charge on any atom is 0.254 e. The fourth-order valence-corrected chi connectivity index (χ4v) is 3.18. The summed E-state index contributed by atoms with van der Waals surface area (Å²) in [5.74, 6) is -0.174. The molecule has 23 heavy (non-hydrogen) atoms. The Morgan fingerprint density at radius 2 is 1.87 bits per heavy atom. The number of nitrogens with one attached hydrogen (secondary N) is 1. The summed E-state index contributed by atoms with van der Waals surface area (Å²) in [5, 5.41) is 2.79. The van der Waals surface area contributed by atoms with Gasteiger partial charge in [0, 0.05) is 24.7 Å². The number of hydrogen-bond acceptors (Lipinski definition) is 2. The van der Waals surface area contributed by atoms with Gasteiger partial charge in [0.05, 0.1) is 0 Å². The lowest BCUT2D eigenvalue weighted by Gasteiger charge is -2.18. The van der Waals surface area contributed by atoms with Crippen molar-refractivity contribution in [3.05, 3.63) is 29.3 Å². The second kappa shape index (κ2) is 8.14. The predicted octanol–water partition coefficient (Wildman–Crippen LogP) is 3.88. The Balaban J connectivity index is 2.03. The van der Waals surface area contributed by atoms with E-state index in [1.54, 1.807) is 0 Å². The molecule has 0 saturated carbocycles. The number of nitrogens with zero attached hydrogens (tertiary/aromatic N) is 1. The van der Waals surface area contributed by atoms with E-state index in [-0.39, 0.29) is 11.8 Å². The van der Waals surface area contributed by atoms with Crippen molar-refractivity contribution in [3.63, 3.8) is 0 Å². The van der Waals surface area contributed by atoms with E-state index < -0.39 is 6.04 Å². The lowest BCUT2D eigenvalue weighted by Crippen LogP contribution is -2.37. The number of amides is 2. The number of carbonyl (C=O) groups is 2. The van der Waals surface area contributed by atoms with Crippen molar-refractivity contribution in [1.29, 1.82) is 0 Å². The molecular weight excluding hydrogens is 288 g/mol. The third-order valence-electron chi connectivity index (χ3n) is 4.38. The van der Waals surface area contributed by atoms with Gasteiger partial charge >= 0.3 is 0 Å². The summed E-state index contributed by atoms with van der Waals surface area (Å²) >= 11 is 0. The van der Waals surface area contributed by atoms with E-state index in [2.05, 4.69) is 12.2 Å². The zero-order valence-electron chi connectivity index (χ0n) is 14.5. The Bertz CT molecular complexity index is 568. The molecule has 1 unspecified atom stereocenters. The Kier molecular flexibility index (Phi) is 6.20. The minimum Gasteiger partial charge on any atom is -0.341 e. The smallest absolute Gasteiger partial charge is 0.254 e. The zero-order chi connectivity index (χ0) is 16.8. The standard InChI is InChI=1S/C19H28N2O2/c1-4-5-6-7-8-9-12-21-17-11-10-14(2)13-16(17)18(19(21)23)20-15(3)22/h10-11,13,18H,4-9,12H2,1-3H3,(H,20,22). The van der Waals surface area contributed by atoms with E-state index in [0.717, 1.165) is 36.2 Å². The van der Waals surface area contributed by atoms with Crippen molar-refractivity contribution in [2.24, 2.45) is 0 Å². The van der Waals surface area contributed by atoms with Gasteiger partial charge in [-0.2, -0.15) is 0 Å². The molecule has 0 bridgehead atoms. The number of anilines is 1. The van der Waals surface area contributed by atoms with Crippen LogP contribution in [0.15, 0.2) is 18.2 Å². The van der Waals surface area contributed by atoms with Crippen LogP contribution in [-0.2, 0) is 9.59 Å². The van der Waals surface area contributed by atoms with Gasteiger partial charge in [-0.15, -0.1) is 0 Å². The fourth-order valence-electron chi connectivity index (χ4n) is 3.18. The lowest BCUT2D eigenvalue weighted by atomic mass is 10.1. The van der Waals surface area contributed by atoms with Crippen LogP contribution in [0.2, 0.25) is 0 Å². The maximum absolute atomic E-state index is 12.7. The molecule has 2 amide bonds. The molecule has 2 rings (SSSR count). The lowest BCUT2D eigenvalue weighted by molar-refractivity contribution is -0.126. The van der Waals surface area contributed by atoms with Crippen molar-refractivity contribution in [1.82, 2.24) is 5.32 Å². The van der Waals surface area contributed by atoms with Crippen LogP contribution in [0.5, 0.6) is 0 Å². The summed E-state index contributed by atoms with van der Waals surface area (Å²) in [4.78, 5) is 26.0. The molecule has 1 atom stereocenters. The Morgan fingerprint density at radius 1 is 1.17 bits per heavy atom. The van der Waals surface area contributed by atoms with E-state index in [9.17, 15) is 9.59 Å². The summed E-state index contributed by atoms with van der Waals surface area (Å²) in [7, 11) is 0. The van der Waals surface area contributed by atoms with Gasteiger partial charge in [-0.1, -0.05) is 56.7 Å². The van der Waals surface area contributed by atoms with Gasteiger partial charge in [0.1, 0.15) is 6.04 Å². The SMILES string of the molecule is CCCCCCCCN1C(=O)C(NC(C)=O)c2cc(C)ccc21. The van der Waals surface area contributed by atoms with Gasteiger partial charge < -0.3 is 10.2 Å². The number of carbonyl (C=O) groups excluding carboxylic acids is 2. The highest BCUT2D eigenvalue weighted by Crippen LogP contribution is 2.36. The van der Waals surface area contributed by atoms with Crippen LogP contribution in [0.25, 0.3) is 0 Å². The molecule has 0 aromatic heterocycles. The highest BCUT2D eigenvalue weighted by Gasteiger charge is 2.37. The van der Waals surface area contributed by atoms with Crippen molar-refractivity contribution in [3.8, 4) is 0 Å². The average molecular weight is 316 g/mol. The number of hydrogen-bond donors (Lipinski definition) is 1. The van der Waals surface area contributed by atoms with E-state index >= 15 is 0 Å². The van der Waals surface area contributed by atoms with Crippen molar-refractivity contribution < 1.29 is 9.59 Å². The van der Waals surface area contributed by atoms with Crippen molar-refractivity contribution in [2.75, 3.05) is 11.4 Å². The Labute approximate surface area is 139 Å². The first-order valence-electron chi connectivity index (χ1n) is 8.73. The number of benzene rings is 1. The summed E-state index contributed by atoms with van der Waals surface area (Å²) in [6.07, 6.45) is 7.19. The summed E-state index contributed by atoms with van der Waals surface area (Å²) < 4.78 is 0. The van der Waals surface area contributed by atoms with Gasteiger partial charge in [0.25, 0.3) is 5.91 Å². The van der Waals surface area contributed by atoms with Crippen molar-refractivity contribution >= 4 is 17.5 Å². The molecule has 0 aliphatic carbocycles. The highest BCUT2D eigenvalue weighted by molar-refractivity contribution is 6.06. The molecule has 0 fully saturated rings. The molecule has 0 radical (unpaired) electrons. The molecule has 4 nitrogen and oxygen atoms in total. The Hall–Kier alpha value is -1.84. The summed E-state index contributed by atoms with van der Waals surface area (Å²) in [5.41, 5.74) is 2.98. The number of fused-ring (bicyclic) bond motifs is 1. The molecule has 0 spiro atoms. The van der Waals surface area contributed by atoms with Crippen LogP contribution >= 0.6 is 0 Å². The molecule has 4 heteroatoms. The molecule has 1 heterocycles. The molecule has 1 aliphatic rings. The van der Waals surface area contributed by atoms with Gasteiger partial charge in [-0.3, -0.25) is 9.59 Å². The first kappa shape index (κ1) is 17.5. The Morgan fingerprint density at radius 3 is 2.57 bits per heavy atom. The van der Waals surface area contributed by atoms with Crippen LogP contribution in [0.3, 0.4) is 0 Å². The van der Waals surface area contributed by atoms with Crippen LogP contribution < -0.4 is 10.2 Å². The fraction of sp³-hybridized carbons (Fsp3) is 0.579. The zero-order valence-corrected chi connectivity index (χ0v) is 14.5. The topological polar surface area (TPSA) is 49.4 Å². The second-order valence-corrected chi connectivity index (χ2v) is 6.45. The van der Waals surface area contributed by atoms with Gasteiger partial charge in [0.2, 0.25) is 5.91 Å². The third kappa shape index (κ3) is 4.34. The number of aryl methyl sites for hydroxylation is 1. The molecule has 0 saturated heterocycles. The van der Waals surface area contributed by atoms with Gasteiger partial charge in [-0.05, 0) is 19.4 Å². The monoisotopic (exact) mass is 316 g/mol. The average Bonchev–Trinajstić information content (AvgIpc) is 2.75. The van der Waals surface area contributed by atoms with Crippen LogP contribution in [0.4, 0.5) is 5.69 Å². The minimum absolute atomic E-state index is 0.00522. The van der Waals surface area contributed by atoms with E-state index in [0.29, 0.717) is 0 Å². The normalized spacial score (nSPS) is 16.6. The number of rotatable bonds is 8. The molecule has 1 aromatic rings. The summed E-state index contributed by atoms with van der Waals surface area (Å²) in [6.45, 7) is 6.41. The van der Waals surface area contributed by atoms with Gasteiger partial charge in [0.15, 0.2) is 0 Å². The molecule has 1 aromatic carbocycles.